The highest BCUT2D eigenvalue weighted by Crippen LogP contribution is 2.36. The molecule has 0 aromatic carbocycles. The third-order valence-corrected chi connectivity index (χ3v) is 5.59. The number of rotatable bonds is 4. The maximum absolute atomic E-state index is 11.6. The molecule has 0 spiro atoms. The van der Waals surface area contributed by atoms with Gasteiger partial charge in [-0.05, 0) is 32.3 Å². The van der Waals surface area contributed by atoms with Crippen molar-refractivity contribution in [3.8, 4) is 6.07 Å². The lowest BCUT2D eigenvalue weighted by Gasteiger charge is -2.38. The predicted molar refractivity (Wildman–Crippen MR) is 105 cm³/mol. The molecule has 0 saturated carbocycles. The van der Waals surface area contributed by atoms with Crippen molar-refractivity contribution in [2.24, 2.45) is 0 Å². The van der Waals surface area contributed by atoms with Crippen molar-refractivity contribution < 1.29 is 9.53 Å². The first kappa shape index (κ1) is 19.6. The average Bonchev–Trinajstić information content (AvgIpc) is 2.64. The van der Waals surface area contributed by atoms with Crippen molar-refractivity contribution >= 4 is 11.7 Å². The van der Waals surface area contributed by atoms with Crippen molar-refractivity contribution in [3.63, 3.8) is 0 Å². The SMILES string of the molecule is CCCCc1nc(N2CCN(C(C)=O)CC2)c(C#N)c2c1COC(C)(C)C2. The smallest absolute Gasteiger partial charge is 0.219 e. The molecule has 1 fully saturated rings. The van der Waals surface area contributed by atoms with Gasteiger partial charge >= 0.3 is 0 Å². The largest absolute Gasteiger partial charge is 0.370 e. The standard InChI is InChI=1S/C21H30N4O2/c1-5-6-7-19-18-14-27-21(3,4)12-16(18)17(13-22)20(23-19)25-10-8-24(9-11-25)15(2)26/h5-12,14H2,1-4H3. The molecule has 3 rings (SSSR count). The number of unbranched alkanes of at least 4 members (excludes halogenated alkanes) is 1. The van der Waals surface area contributed by atoms with Crippen molar-refractivity contribution in [1.82, 2.24) is 9.88 Å². The summed E-state index contributed by atoms with van der Waals surface area (Å²) in [6.07, 6.45) is 3.82. The van der Waals surface area contributed by atoms with E-state index in [2.05, 4.69) is 31.7 Å². The number of piperazine rings is 1. The molecule has 2 aliphatic rings. The first-order valence-electron chi connectivity index (χ1n) is 9.95. The van der Waals surface area contributed by atoms with Crippen molar-refractivity contribution in [2.75, 3.05) is 31.1 Å². The Labute approximate surface area is 162 Å². The fourth-order valence-electron chi connectivity index (χ4n) is 3.95. The number of aryl methyl sites for hydroxylation is 1. The first-order chi connectivity index (χ1) is 12.9. The second-order valence-corrected chi connectivity index (χ2v) is 8.15. The number of ether oxygens (including phenoxy) is 1. The summed E-state index contributed by atoms with van der Waals surface area (Å²) in [6, 6.07) is 2.44. The molecule has 0 bridgehead atoms. The van der Waals surface area contributed by atoms with Crippen molar-refractivity contribution in [3.05, 3.63) is 22.4 Å². The predicted octanol–water partition coefficient (Wildman–Crippen LogP) is 2.82. The minimum Gasteiger partial charge on any atom is -0.370 e. The topological polar surface area (TPSA) is 69.5 Å². The molecule has 146 valence electrons. The second kappa shape index (κ2) is 7.85. The Morgan fingerprint density at radius 1 is 1.26 bits per heavy atom. The Hall–Kier alpha value is -2.13. The van der Waals surface area contributed by atoms with Gasteiger partial charge in [0, 0.05) is 50.8 Å². The minimum absolute atomic E-state index is 0.107. The van der Waals surface area contributed by atoms with Gasteiger partial charge < -0.3 is 14.5 Å². The van der Waals surface area contributed by atoms with Crippen LogP contribution in [-0.4, -0.2) is 47.6 Å². The summed E-state index contributed by atoms with van der Waals surface area (Å²) < 4.78 is 6.03. The number of hydrogen-bond donors (Lipinski definition) is 0. The lowest BCUT2D eigenvalue weighted by molar-refractivity contribution is -0.129. The molecule has 0 unspecified atom stereocenters. The van der Waals surface area contributed by atoms with Gasteiger partial charge in [0.25, 0.3) is 0 Å². The number of aromatic nitrogens is 1. The van der Waals surface area contributed by atoms with E-state index in [-0.39, 0.29) is 11.5 Å². The summed E-state index contributed by atoms with van der Waals surface area (Å²) in [6.45, 7) is 11.3. The molecule has 0 aliphatic carbocycles. The number of carbonyl (C=O) groups excluding carboxylic acids is 1. The van der Waals surface area contributed by atoms with Gasteiger partial charge in [-0.25, -0.2) is 4.98 Å². The van der Waals surface area contributed by atoms with Gasteiger partial charge in [-0.2, -0.15) is 5.26 Å². The fraction of sp³-hybridized carbons (Fsp3) is 0.667. The lowest BCUT2D eigenvalue weighted by atomic mass is 9.87. The summed E-state index contributed by atoms with van der Waals surface area (Å²) in [5.41, 5.74) is 3.72. The van der Waals surface area contributed by atoms with Crippen LogP contribution in [0, 0.1) is 11.3 Å². The zero-order valence-electron chi connectivity index (χ0n) is 17.0. The third-order valence-electron chi connectivity index (χ3n) is 5.59. The minimum atomic E-state index is -0.271. The van der Waals surface area contributed by atoms with E-state index in [0.717, 1.165) is 48.3 Å². The van der Waals surface area contributed by atoms with Gasteiger partial charge in [0.2, 0.25) is 5.91 Å². The van der Waals surface area contributed by atoms with E-state index < -0.39 is 0 Å². The van der Waals surface area contributed by atoms with Crippen LogP contribution >= 0.6 is 0 Å². The molecule has 0 N–H and O–H groups in total. The Morgan fingerprint density at radius 2 is 1.96 bits per heavy atom. The average molecular weight is 370 g/mol. The van der Waals surface area contributed by atoms with Crippen LogP contribution in [0.15, 0.2) is 0 Å². The molecule has 0 radical (unpaired) electrons. The van der Waals surface area contributed by atoms with Crippen molar-refractivity contribution in [2.45, 2.75) is 65.6 Å². The van der Waals surface area contributed by atoms with Crippen molar-refractivity contribution in [1.29, 1.82) is 5.26 Å². The normalized spacial score (nSPS) is 18.8. The van der Waals surface area contributed by atoms with E-state index in [1.807, 2.05) is 4.90 Å². The van der Waals surface area contributed by atoms with Gasteiger partial charge in [-0.1, -0.05) is 13.3 Å². The zero-order chi connectivity index (χ0) is 19.6. The molecule has 27 heavy (non-hydrogen) atoms. The van der Waals surface area contributed by atoms with E-state index in [9.17, 15) is 10.1 Å². The number of hydrogen-bond acceptors (Lipinski definition) is 5. The summed E-state index contributed by atoms with van der Waals surface area (Å²) in [4.78, 5) is 20.6. The van der Waals surface area contributed by atoms with Crippen LogP contribution in [0.5, 0.6) is 0 Å². The summed E-state index contributed by atoms with van der Waals surface area (Å²) in [5, 5.41) is 9.96. The molecule has 1 aromatic heterocycles. The molecule has 0 atom stereocenters. The van der Waals surface area contributed by atoms with Crippen LogP contribution in [0.25, 0.3) is 0 Å². The van der Waals surface area contributed by atoms with E-state index in [0.29, 0.717) is 38.3 Å². The van der Waals surface area contributed by atoms with Gasteiger partial charge in [0.05, 0.1) is 17.8 Å². The Bertz CT molecular complexity index is 758. The zero-order valence-corrected chi connectivity index (χ0v) is 17.0. The Balaban J connectivity index is 2.00. The number of anilines is 1. The molecule has 1 amide bonds. The molecule has 2 aliphatic heterocycles. The summed E-state index contributed by atoms with van der Waals surface area (Å²) in [5.74, 6) is 0.902. The monoisotopic (exact) mass is 370 g/mol. The molecule has 6 heteroatoms. The quantitative estimate of drug-likeness (QED) is 0.815. The Kier molecular flexibility index (Phi) is 5.71. The molecule has 3 heterocycles. The Morgan fingerprint density at radius 3 is 2.56 bits per heavy atom. The molecular weight excluding hydrogens is 340 g/mol. The highest BCUT2D eigenvalue weighted by atomic mass is 16.5. The molecule has 1 saturated heterocycles. The van der Waals surface area contributed by atoms with Crippen LogP contribution in [0.2, 0.25) is 0 Å². The van der Waals surface area contributed by atoms with Crippen LogP contribution < -0.4 is 4.90 Å². The second-order valence-electron chi connectivity index (χ2n) is 8.15. The molecular formula is C21H30N4O2. The van der Waals surface area contributed by atoms with Crippen LogP contribution in [0.1, 0.15) is 62.9 Å². The van der Waals surface area contributed by atoms with Crippen LogP contribution in [0.4, 0.5) is 5.82 Å². The van der Waals surface area contributed by atoms with E-state index in [1.165, 1.54) is 0 Å². The van der Waals surface area contributed by atoms with Crippen LogP contribution in [0.3, 0.4) is 0 Å². The fourth-order valence-corrected chi connectivity index (χ4v) is 3.95. The van der Waals surface area contributed by atoms with Crippen LogP contribution in [-0.2, 0) is 29.0 Å². The highest BCUT2D eigenvalue weighted by Gasteiger charge is 2.33. The van der Waals surface area contributed by atoms with Gasteiger partial charge in [-0.3, -0.25) is 4.79 Å². The van der Waals surface area contributed by atoms with Gasteiger partial charge in [0.1, 0.15) is 11.9 Å². The first-order valence-corrected chi connectivity index (χ1v) is 9.95. The van der Waals surface area contributed by atoms with Gasteiger partial charge in [-0.15, -0.1) is 0 Å². The van der Waals surface area contributed by atoms with E-state index in [4.69, 9.17) is 9.72 Å². The maximum Gasteiger partial charge on any atom is 0.219 e. The summed E-state index contributed by atoms with van der Waals surface area (Å²) in [7, 11) is 0. The molecule has 1 aromatic rings. The molecule has 6 nitrogen and oxygen atoms in total. The number of pyridine rings is 1. The number of carbonyl (C=O) groups is 1. The number of nitrogens with zero attached hydrogens (tertiary/aromatic N) is 4. The number of fused-ring (bicyclic) bond motifs is 1. The number of nitriles is 1. The summed E-state index contributed by atoms with van der Waals surface area (Å²) >= 11 is 0. The third kappa shape index (κ3) is 4.08. The van der Waals surface area contributed by atoms with E-state index in [1.54, 1.807) is 6.92 Å². The van der Waals surface area contributed by atoms with E-state index >= 15 is 0 Å². The lowest BCUT2D eigenvalue weighted by Crippen LogP contribution is -2.48. The maximum atomic E-state index is 11.6. The highest BCUT2D eigenvalue weighted by molar-refractivity contribution is 5.73. The van der Waals surface area contributed by atoms with Gasteiger partial charge in [0.15, 0.2) is 0 Å². The number of amides is 1.